The third kappa shape index (κ3) is 5.24. The molecule has 3 nitrogen and oxygen atoms in total. The number of ether oxygens (including phenoxy) is 1. The van der Waals surface area contributed by atoms with Gasteiger partial charge in [0.2, 0.25) is 0 Å². The minimum Gasteiger partial charge on any atom is -0.465 e. The fourth-order valence-corrected chi connectivity index (χ4v) is 0.710. The van der Waals surface area contributed by atoms with Gasteiger partial charge in [-0.2, -0.15) is 5.26 Å². The summed E-state index contributed by atoms with van der Waals surface area (Å²) in [7, 11) is 0. The Morgan fingerprint density at radius 3 is 2.62 bits per heavy atom. The van der Waals surface area contributed by atoms with Gasteiger partial charge in [-0.25, -0.2) is 0 Å². The molecule has 0 amide bonds. The van der Waals surface area contributed by atoms with Crippen LogP contribution < -0.4 is 0 Å². The Bertz CT molecular complexity index is 196. The van der Waals surface area contributed by atoms with Gasteiger partial charge in [-0.3, -0.25) is 4.79 Å². The van der Waals surface area contributed by atoms with Gasteiger partial charge in [0.15, 0.2) is 0 Å². The zero-order chi connectivity index (χ0) is 10.3. The molecule has 0 aliphatic rings. The van der Waals surface area contributed by atoms with Crippen LogP contribution in [0.1, 0.15) is 33.6 Å². The van der Waals surface area contributed by atoms with E-state index in [1.54, 1.807) is 0 Å². The number of carbonyl (C=O) groups is 1. The van der Waals surface area contributed by atoms with Crippen molar-refractivity contribution in [2.24, 2.45) is 11.8 Å². The Hall–Kier alpha value is -1.04. The highest BCUT2D eigenvalue weighted by atomic mass is 16.5. The first-order valence-electron chi connectivity index (χ1n) is 4.68. The van der Waals surface area contributed by atoms with Gasteiger partial charge in [-0.05, 0) is 19.8 Å². The van der Waals surface area contributed by atoms with Crippen molar-refractivity contribution >= 4 is 5.97 Å². The molecule has 0 radical (unpaired) electrons. The fraction of sp³-hybridized carbons (Fsp3) is 0.800. The van der Waals surface area contributed by atoms with Gasteiger partial charge in [-0.1, -0.05) is 13.8 Å². The van der Waals surface area contributed by atoms with Gasteiger partial charge < -0.3 is 4.74 Å². The molecule has 0 spiro atoms. The molecule has 2 unspecified atom stereocenters. The highest BCUT2D eigenvalue weighted by molar-refractivity contribution is 5.71. The molecular weight excluding hydrogens is 166 g/mol. The van der Waals surface area contributed by atoms with Crippen molar-refractivity contribution in [1.82, 2.24) is 0 Å². The predicted molar refractivity (Wildman–Crippen MR) is 49.8 cm³/mol. The summed E-state index contributed by atoms with van der Waals surface area (Å²) >= 11 is 0. The van der Waals surface area contributed by atoms with E-state index in [0.717, 1.165) is 6.42 Å². The topological polar surface area (TPSA) is 50.1 Å². The summed E-state index contributed by atoms with van der Waals surface area (Å²) in [6.45, 7) is 5.97. The standard InChI is InChI=1S/C10H17NO2/c1-4-9(3)10(12)13-6-5-8(2)7-11/h8-9H,4-6H2,1-3H3. The summed E-state index contributed by atoms with van der Waals surface area (Å²) in [6, 6.07) is 2.09. The van der Waals surface area contributed by atoms with Gasteiger partial charge in [0.05, 0.1) is 18.6 Å². The van der Waals surface area contributed by atoms with E-state index in [-0.39, 0.29) is 17.8 Å². The zero-order valence-corrected chi connectivity index (χ0v) is 8.54. The molecule has 0 saturated carbocycles. The third-order valence-corrected chi connectivity index (χ3v) is 2.03. The first-order chi connectivity index (χ1) is 6.11. The van der Waals surface area contributed by atoms with Crippen LogP contribution in [0.25, 0.3) is 0 Å². The molecule has 0 saturated heterocycles. The second-order valence-electron chi connectivity index (χ2n) is 3.30. The maximum atomic E-state index is 11.1. The van der Waals surface area contributed by atoms with Crippen molar-refractivity contribution in [3.05, 3.63) is 0 Å². The maximum Gasteiger partial charge on any atom is 0.308 e. The van der Waals surface area contributed by atoms with Crippen LogP contribution in [0.3, 0.4) is 0 Å². The molecule has 0 fully saturated rings. The smallest absolute Gasteiger partial charge is 0.308 e. The lowest BCUT2D eigenvalue weighted by Gasteiger charge is -2.09. The summed E-state index contributed by atoms with van der Waals surface area (Å²) in [5.74, 6) is -0.227. The van der Waals surface area contributed by atoms with Crippen LogP contribution in [0.2, 0.25) is 0 Å². The molecule has 0 N–H and O–H groups in total. The van der Waals surface area contributed by atoms with Crippen molar-refractivity contribution in [3.63, 3.8) is 0 Å². The minimum absolute atomic E-state index is 0.0302. The van der Waals surface area contributed by atoms with Crippen molar-refractivity contribution in [2.75, 3.05) is 6.61 Å². The molecule has 0 bridgehead atoms. The highest BCUT2D eigenvalue weighted by Gasteiger charge is 2.11. The zero-order valence-electron chi connectivity index (χ0n) is 8.54. The Labute approximate surface area is 79.7 Å². The van der Waals surface area contributed by atoms with Crippen LogP contribution in [0.15, 0.2) is 0 Å². The van der Waals surface area contributed by atoms with Crippen LogP contribution >= 0.6 is 0 Å². The van der Waals surface area contributed by atoms with Crippen LogP contribution in [0, 0.1) is 23.2 Å². The van der Waals surface area contributed by atoms with E-state index in [1.165, 1.54) is 0 Å². The lowest BCUT2D eigenvalue weighted by molar-refractivity contribution is -0.148. The number of hydrogen-bond acceptors (Lipinski definition) is 3. The summed E-state index contributed by atoms with van der Waals surface area (Å²) < 4.78 is 4.98. The van der Waals surface area contributed by atoms with E-state index in [0.29, 0.717) is 13.0 Å². The van der Waals surface area contributed by atoms with Crippen LogP contribution in [0.4, 0.5) is 0 Å². The van der Waals surface area contributed by atoms with Gasteiger partial charge in [0, 0.05) is 5.92 Å². The number of carbonyl (C=O) groups excluding carboxylic acids is 1. The minimum atomic E-state index is -0.160. The van der Waals surface area contributed by atoms with Crippen LogP contribution in [-0.4, -0.2) is 12.6 Å². The first kappa shape index (κ1) is 12.0. The van der Waals surface area contributed by atoms with E-state index in [9.17, 15) is 4.79 Å². The lowest BCUT2D eigenvalue weighted by atomic mass is 10.1. The van der Waals surface area contributed by atoms with Crippen molar-refractivity contribution in [1.29, 1.82) is 5.26 Å². The Morgan fingerprint density at radius 2 is 2.15 bits per heavy atom. The largest absolute Gasteiger partial charge is 0.465 e. The van der Waals surface area contributed by atoms with Crippen molar-refractivity contribution < 1.29 is 9.53 Å². The molecule has 0 aromatic heterocycles. The van der Waals surface area contributed by atoms with Crippen molar-refractivity contribution in [2.45, 2.75) is 33.6 Å². The predicted octanol–water partition coefficient (Wildman–Crippen LogP) is 2.13. The molecule has 13 heavy (non-hydrogen) atoms. The second kappa shape index (κ2) is 6.47. The number of esters is 1. The monoisotopic (exact) mass is 183 g/mol. The fourth-order valence-electron chi connectivity index (χ4n) is 0.710. The maximum absolute atomic E-state index is 11.1. The second-order valence-corrected chi connectivity index (χ2v) is 3.30. The van der Waals surface area contributed by atoms with Crippen LogP contribution in [0.5, 0.6) is 0 Å². The third-order valence-electron chi connectivity index (χ3n) is 2.03. The molecular formula is C10H17NO2. The van der Waals surface area contributed by atoms with E-state index in [1.807, 2.05) is 20.8 Å². The van der Waals surface area contributed by atoms with Crippen molar-refractivity contribution in [3.8, 4) is 6.07 Å². The van der Waals surface area contributed by atoms with Gasteiger partial charge >= 0.3 is 5.97 Å². The summed E-state index contributed by atoms with van der Waals surface area (Å²) in [4.78, 5) is 11.1. The van der Waals surface area contributed by atoms with Gasteiger partial charge in [-0.15, -0.1) is 0 Å². The van der Waals surface area contributed by atoms with E-state index < -0.39 is 0 Å². The molecule has 3 heteroatoms. The molecule has 0 heterocycles. The SMILES string of the molecule is CCC(C)C(=O)OCCC(C)C#N. The normalized spacial score (nSPS) is 14.3. The summed E-state index contributed by atoms with van der Waals surface area (Å²) in [5, 5.41) is 8.46. The molecule has 0 aliphatic carbocycles. The van der Waals surface area contributed by atoms with E-state index >= 15 is 0 Å². The molecule has 0 aliphatic heterocycles. The average molecular weight is 183 g/mol. The quantitative estimate of drug-likeness (QED) is 0.613. The van der Waals surface area contributed by atoms with Crippen LogP contribution in [-0.2, 0) is 9.53 Å². The van der Waals surface area contributed by atoms with Gasteiger partial charge in [0.25, 0.3) is 0 Å². The first-order valence-corrected chi connectivity index (χ1v) is 4.68. The Morgan fingerprint density at radius 1 is 1.54 bits per heavy atom. The number of nitriles is 1. The van der Waals surface area contributed by atoms with E-state index in [4.69, 9.17) is 10.00 Å². The summed E-state index contributed by atoms with van der Waals surface area (Å²) in [6.07, 6.45) is 1.42. The average Bonchev–Trinajstić information content (AvgIpc) is 2.15. The Kier molecular flexibility index (Phi) is 5.96. The molecule has 0 rings (SSSR count). The number of hydrogen-bond donors (Lipinski definition) is 0. The lowest BCUT2D eigenvalue weighted by Crippen LogP contribution is -2.15. The number of rotatable bonds is 5. The van der Waals surface area contributed by atoms with E-state index in [2.05, 4.69) is 6.07 Å². The molecule has 0 aromatic carbocycles. The summed E-state index contributed by atoms with van der Waals surface area (Å²) in [5.41, 5.74) is 0. The molecule has 2 atom stereocenters. The molecule has 74 valence electrons. The highest BCUT2D eigenvalue weighted by Crippen LogP contribution is 2.05. The Balaban J connectivity index is 3.55. The number of nitrogens with zero attached hydrogens (tertiary/aromatic N) is 1. The van der Waals surface area contributed by atoms with Gasteiger partial charge in [0.1, 0.15) is 0 Å². The molecule has 0 aromatic rings.